The number of ketones is 1. The maximum Gasteiger partial charge on any atom is 0.299 e. The fraction of sp³-hybridized carbons (Fsp3) is 0.0952. The molecule has 0 bridgehead atoms. The minimum atomic E-state index is -0.481. The van der Waals surface area contributed by atoms with E-state index in [1.165, 1.54) is 44.5 Å². The molecule has 0 radical (unpaired) electrons. The van der Waals surface area contributed by atoms with E-state index in [1.807, 2.05) is 48.5 Å². The lowest BCUT2D eigenvalue weighted by atomic mass is 9.70. The number of anilines is 2. The van der Waals surface area contributed by atoms with Gasteiger partial charge in [0.15, 0.2) is 0 Å². The number of hydrogen-bond donors (Lipinski definition) is 0. The molecular weight excluding hydrogens is 550 g/mol. The summed E-state index contributed by atoms with van der Waals surface area (Å²) in [7, 11) is 0. The molecule has 1 unspecified atom stereocenters. The molecule has 1 aliphatic heterocycles. The summed E-state index contributed by atoms with van der Waals surface area (Å²) >= 11 is 0. The molecule has 214 valence electrons. The van der Waals surface area contributed by atoms with E-state index in [2.05, 4.69) is 97.1 Å². The first-order chi connectivity index (χ1) is 22.2. The van der Waals surface area contributed by atoms with Crippen molar-refractivity contribution in [2.45, 2.75) is 18.3 Å². The molecule has 0 N–H and O–H groups in total. The predicted octanol–water partition coefficient (Wildman–Crippen LogP) is 8.68. The van der Waals surface area contributed by atoms with Crippen LogP contribution in [0.3, 0.4) is 0 Å². The zero-order chi connectivity index (χ0) is 30.1. The van der Waals surface area contributed by atoms with Gasteiger partial charge < -0.3 is 0 Å². The average Bonchev–Trinajstić information content (AvgIpc) is 3.53. The third-order valence-corrected chi connectivity index (χ3v) is 10.1. The molecular formula is C42H29NO2. The fourth-order valence-corrected chi connectivity index (χ4v) is 8.31. The highest BCUT2D eigenvalue weighted by atomic mass is 16.2. The highest BCUT2D eigenvalue weighted by Gasteiger charge is 2.52. The second-order valence-electron chi connectivity index (χ2n) is 12.3. The van der Waals surface area contributed by atoms with E-state index < -0.39 is 17.2 Å². The summed E-state index contributed by atoms with van der Waals surface area (Å²) in [6.07, 6.45) is 0.991. The predicted molar refractivity (Wildman–Crippen MR) is 179 cm³/mol. The quantitative estimate of drug-likeness (QED) is 0.196. The summed E-state index contributed by atoms with van der Waals surface area (Å²) in [5.41, 5.74) is 13.2. The molecule has 45 heavy (non-hydrogen) atoms. The molecule has 1 atom stereocenters. The van der Waals surface area contributed by atoms with Crippen LogP contribution in [0.5, 0.6) is 0 Å². The van der Waals surface area contributed by atoms with Crippen LogP contribution < -0.4 is 4.90 Å². The number of amides is 1. The van der Waals surface area contributed by atoms with Gasteiger partial charge in [0.1, 0.15) is 0 Å². The summed E-state index contributed by atoms with van der Waals surface area (Å²) in [5.74, 6) is -1.30. The Hall–Kier alpha value is -5.54. The van der Waals surface area contributed by atoms with Crippen LogP contribution in [0.2, 0.25) is 0 Å². The number of carbonyl (C=O) groups is 2. The number of Topliss-reactive ketones (excluding diaryl/α,β-unsaturated/α-hetero) is 1. The maximum absolute atomic E-state index is 14.1. The van der Waals surface area contributed by atoms with Crippen molar-refractivity contribution in [1.82, 2.24) is 0 Å². The fourth-order valence-electron chi connectivity index (χ4n) is 8.31. The first-order valence-electron chi connectivity index (χ1n) is 15.6. The highest BCUT2D eigenvalue weighted by molar-refractivity contribution is 6.44. The Kier molecular flexibility index (Phi) is 5.61. The number of fused-ring (bicyclic) bond motifs is 11. The van der Waals surface area contributed by atoms with Crippen LogP contribution in [0.1, 0.15) is 33.4 Å². The largest absolute Gasteiger partial charge is 0.299 e. The van der Waals surface area contributed by atoms with Crippen LogP contribution in [0.4, 0.5) is 11.4 Å². The second-order valence-corrected chi connectivity index (χ2v) is 12.3. The van der Waals surface area contributed by atoms with Gasteiger partial charge in [-0.1, -0.05) is 127 Å². The maximum atomic E-state index is 14.1. The minimum absolute atomic E-state index is 0.342. The van der Waals surface area contributed by atoms with Crippen molar-refractivity contribution in [3.8, 4) is 22.3 Å². The van der Waals surface area contributed by atoms with Crippen LogP contribution >= 0.6 is 0 Å². The molecule has 0 saturated carbocycles. The molecule has 1 amide bonds. The van der Waals surface area contributed by atoms with E-state index in [0.29, 0.717) is 18.5 Å². The normalized spacial score (nSPS) is 16.9. The molecule has 0 saturated heterocycles. The molecule has 6 aromatic rings. The van der Waals surface area contributed by atoms with Crippen molar-refractivity contribution in [1.29, 1.82) is 0 Å². The van der Waals surface area contributed by atoms with Gasteiger partial charge in [-0.2, -0.15) is 0 Å². The van der Waals surface area contributed by atoms with E-state index >= 15 is 0 Å². The first kappa shape index (κ1) is 25.9. The van der Waals surface area contributed by atoms with Gasteiger partial charge in [-0.15, -0.1) is 0 Å². The molecule has 6 aromatic carbocycles. The van der Waals surface area contributed by atoms with Crippen molar-refractivity contribution in [3.05, 3.63) is 179 Å². The van der Waals surface area contributed by atoms with Crippen molar-refractivity contribution in [2.24, 2.45) is 5.92 Å². The van der Waals surface area contributed by atoms with Crippen molar-refractivity contribution < 1.29 is 9.59 Å². The number of para-hydroxylation sites is 2. The molecule has 3 heteroatoms. The third-order valence-electron chi connectivity index (χ3n) is 10.1. The zero-order valence-electron chi connectivity index (χ0n) is 24.6. The van der Waals surface area contributed by atoms with Crippen LogP contribution in [0.15, 0.2) is 146 Å². The smallest absolute Gasteiger partial charge is 0.288 e. The van der Waals surface area contributed by atoms with Crippen LogP contribution in [-0.4, -0.2) is 11.7 Å². The molecule has 2 aliphatic carbocycles. The molecule has 0 aromatic heterocycles. The molecule has 3 nitrogen and oxygen atoms in total. The van der Waals surface area contributed by atoms with Crippen molar-refractivity contribution in [3.63, 3.8) is 0 Å². The Labute approximate surface area is 262 Å². The standard InChI is InChI=1S/C42H29NO2/c44-40-29(25-27-13-4-11-24-38(27)43(41(40)45)30-15-2-1-3-16-30)26-28-14-12-23-37-39(28)33-19-7-10-22-36(33)42(37)34-20-8-5-17-31(34)32-18-6-9-21-35(32)42/h1-24,29H,25-26H2. The van der Waals surface area contributed by atoms with Gasteiger partial charge in [0.05, 0.1) is 11.1 Å². The highest BCUT2D eigenvalue weighted by Crippen LogP contribution is 2.63. The van der Waals surface area contributed by atoms with Gasteiger partial charge >= 0.3 is 0 Å². The van der Waals surface area contributed by atoms with Gasteiger partial charge in [0, 0.05) is 11.6 Å². The van der Waals surface area contributed by atoms with Crippen LogP contribution in [0, 0.1) is 5.92 Å². The Balaban J connectivity index is 1.22. The van der Waals surface area contributed by atoms with E-state index in [-0.39, 0.29) is 5.78 Å². The number of nitrogens with zero attached hydrogens (tertiary/aromatic N) is 1. The summed E-state index contributed by atoms with van der Waals surface area (Å²) in [5, 5.41) is 0. The van der Waals surface area contributed by atoms with Crippen molar-refractivity contribution in [2.75, 3.05) is 4.90 Å². The molecule has 1 spiro atoms. The van der Waals surface area contributed by atoms with E-state index in [4.69, 9.17) is 0 Å². The van der Waals surface area contributed by atoms with Crippen LogP contribution in [-0.2, 0) is 27.8 Å². The summed E-state index contributed by atoms with van der Waals surface area (Å²) in [6, 6.07) is 50.3. The number of benzene rings is 6. The number of rotatable bonds is 3. The lowest BCUT2D eigenvalue weighted by molar-refractivity contribution is -0.138. The SMILES string of the molecule is O=C1C(=O)N(c2ccccc2)c2ccccc2CC1Cc1cccc2c1-c1ccccc1C21c2ccccc2-c2ccccc21. The minimum Gasteiger partial charge on any atom is -0.288 e. The summed E-state index contributed by atoms with van der Waals surface area (Å²) in [6.45, 7) is 0. The third kappa shape index (κ3) is 3.52. The lowest BCUT2D eigenvalue weighted by Gasteiger charge is -2.30. The molecule has 1 heterocycles. The Morgan fingerprint density at radius 3 is 1.82 bits per heavy atom. The Morgan fingerprint density at radius 1 is 0.556 bits per heavy atom. The van der Waals surface area contributed by atoms with Gasteiger partial charge in [-0.3, -0.25) is 14.5 Å². The van der Waals surface area contributed by atoms with E-state index in [9.17, 15) is 9.59 Å². The topological polar surface area (TPSA) is 37.4 Å². The average molecular weight is 580 g/mol. The van der Waals surface area contributed by atoms with Gasteiger partial charge in [0.25, 0.3) is 5.91 Å². The van der Waals surface area contributed by atoms with E-state index in [1.54, 1.807) is 4.90 Å². The van der Waals surface area contributed by atoms with Gasteiger partial charge in [-0.25, -0.2) is 0 Å². The lowest BCUT2D eigenvalue weighted by Crippen LogP contribution is -2.35. The molecule has 9 rings (SSSR count). The Morgan fingerprint density at radius 2 is 1.11 bits per heavy atom. The van der Waals surface area contributed by atoms with Crippen molar-refractivity contribution >= 4 is 23.1 Å². The molecule has 3 aliphatic rings. The molecule has 0 fully saturated rings. The monoisotopic (exact) mass is 579 g/mol. The Bertz CT molecular complexity index is 2130. The number of hydrogen-bond acceptors (Lipinski definition) is 2. The number of carbonyl (C=O) groups excluding carboxylic acids is 2. The van der Waals surface area contributed by atoms with Gasteiger partial charge in [0.2, 0.25) is 5.78 Å². The summed E-state index contributed by atoms with van der Waals surface area (Å²) < 4.78 is 0. The zero-order valence-corrected chi connectivity index (χ0v) is 24.6. The second kappa shape index (κ2) is 9.73. The van der Waals surface area contributed by atoms with E-state index in [0.717, 1.165) is 16.8 Å². The first-order valence-corrected chi connectivity index (χ1v) is 15.6. The van der Waals surface area contributed by atoms with Crippen LogP contribution in [0.25, 0.3) is 22.3 Å². The summed E-state index contributed by atoms with van der Waals surface area (Å²) in [4.78, 5) is 29.7. The van der Waals surface area contributed by atoms with Gasteiger partial charge in [-0.05, 0) is 86.7 Å².